The standard InChI is InChI=1S/C20H22O6/c1-11(3-13-5-17-19(7-15(13)21)25-9-23-17)12(2)4-14-6-18-20(8-16(14)22)26-10-24-18/h5-8,11-12,21-22H,3-4,9-10H2,1-2H3. The second-order valence-corrected chi connectivity index (χ2v) is 7.03. The average Bonchev–Trinajstić information content (AvgIpc) is 3.23. The Morgan fingerprint density at radius 2 is 1.04 bits per heavy atom. The highest BCUT2D eigenvalue weighted by Crippen LogP contribution is 2.41. The van der Waals surface area contributed by atoms with E-state index in [1.54, 1.807) is 12.1 Å². The van der Waals surface area contributed by atoms with E-state index >= 15 is 0 Å². The molecule has 2 aromatic rings. The second-order valence-electron chi connectivity index (χ2n) is 7.03. The van der Waals surface area contributed by atoms with E-state index in [1.807, 2.05) is 12.1 Å². The summed E-state index contributed by atoms with van der Waals surface area (Å²) in [7, 11) is 0. The zero-order valence-corrected chi connectivity index (χ0v) is 14.8. The molecule has 0 fully saturated rings. The normalized spacial score (nSPS) is 16.5. The van der Waals surface area contributed by atoms with Crippen LogP contribution in [0.25, 0.3) is 0 Å². The molecule has 0 aliphatic carbocycles. The lowest BCUT2D eigenvalue weighted by Gasteiger charge is -2.21. The van der Waals surface area contributed by atoms with Crippen molar-refractivity contribution in [2.24, 2.45) is 11.8 Å². The molecule has 2 atom stereocenters. The second kappa shape index (κ2) is 6.52. The maximum Gasteiger partial charge on any atom is 0.231 e. The summed E-state index contributed by atoms with van der Waals surface area (Å²) in [5, 5.41) is 20.5. The Morgan fingerprint density at radius 3 is 1.42 bits per heavy atom. The van der Waals surface area contributed by atoms with E-state index in [-0.39, 0.29) is 36.9 Å². The Labute approximate surface area is 151 Å². The quantitative estimate of drug-likeness (QED) is 0.850. The van der Waals surface area contributed by atoms with Gasteiger partial charge in [0.2, 0.25) is 13.6 Å². The zero-order valence-electron chi connectivity index (χ0n) is 14.8. The van der Waals surface area contributed by atoms with Gasteiger partial charge in [0.15, 0.2) is 23.0 Å². The molecular formula is C20H22O6. The first-order valence-corrected chi connectivity index (χ1v) is 8.74. The Morgan fingerprint density at radius 1 is 0.692 bits per heavy atom. The van der Waals surface area contributed by atoms with Gasteiger partial charge in [0, 0.05) is 12.1 Å². The van der Waals surface area contributed by atoms with Gasteiger partial charge in [0.1, 0.15) is 11.5 Å². The molecule has 2 heterocycles. The van der Waals surface area contributed by atoms with Gasteiger partial charge in [0.05, 0.1) is 0 Å². The number of benzene rings is 2. The molecule has 0 spiro atoms. The Balaban J connectivity index is 1.46. The predicted octanol–water partition coefficient (Wildman–Crippen LogP) is 3.61. The molecule has 0 bridgehead atoms. The van der Waals surface area contributed by atoms with E-state index in [9.17, 15) is 10.2 Å². The average molecular weight is 358 g/mol. The number of fused-ring (bicyclic) bond motifs is 2. The van der Waals surface area contributed by atoms with Crippen LogP contribution in [0.5, 0.6) is 34.5 Å². The summed E-state index contributed by atoms with van der Waals surface area (Å²) in [4.78, 5) is 0. The van der Waals surface area contributed by atoms with Crippen LogP contribution >= 0.6 is 0 Å². The fraction of sp³-hybridized carbons (Fsp3) is 0.400. The van der Waals surface area contributed by atoms with Gasteiger partial charge in [-0.05, 0) is 47.9 Å². The molecule has 2 N–H and O–H groups in total. The van der Waals surface area contributed by atoms with Gasteiger partial charge < -0.3 is 29.2 Å². The minimum atomic E-state index is 0.188. The van der Waals surface area contributed by atoms with Gasteiger partial charge in [-0.1, -0.05) is 13.8 Å². The molecule has 0 saturated carbocycles. The molecule has 0 radical (unpaired) electrons. The van der Waals surface area contributed by atoms with Crippen LogP contribution in [0.2, 0.25) is 0 Å². The summed E-state index contributed by atoms with van der Waals surface area (Å²) < 4.78 is 21.4. The van der Waals surface area contributed by atoms with Crippen LogP contribution in [-0.4, -0.2) is 23.8 Å². The molecule has 2 aliphatic rings. The van der Waals surface area contributed by atoms with Crippen molar-refractivity contribution in [1.82, 2.24) is 0 Å². The molecule has 6 nitrogen and oxygen atoms in total. The monoisotopic (exact) mass is 358 g/mol. The van der Waals surface area contributed by atoms with E-state index in [2.05, 4.69) is 13.8 Å². The van der Waals surface area contributed by atoms with Crippen LogP contribution in [0.3, 0.4) is 0 Å². The Kier molecular flexibility index (Phi) is 4.18. The highest BCUT2D eigenvalue weighted by molar-refractivity contribution is 5.52. The number of phenols is 2. The van der Waals surface area contributed by atoms with E-state index in [4.69, 9.17) is 18.9 Å². The SMILES string of the molecule is CC(Cc1cc2c(cc1O)OCO2)C(C)Cc1cc2c(cc1O)OCO2. The third-order valence-electron chi connectivity index (χ3n) is 5.20. The number of rotatable bonds is 5. The number of hydrogen-bond donors (Lipinski definition) is 2. The molecular weight excluding hydrogens is 336 g/mol. The molecule has 4 rings (SSSR count). The van der Waals surface area contributed by atoms with E-state index in [0.29, 0.717) is 35.8 Å². The summed E-state index contributed by atoms with van der Waals surface area (Å²) in [6, 6.07) is 6.91. The van der Waals surface area contributed by atoms with Crippen molar-refractivity contribution in [3.63, 3.8) is 0 Å². The molecule has 0 aromatic heterocycles. The first-order valence-electron chi connectivity index (χ1n) is 8.74. The van der Waals surface area contributed by atoms with Gasteiger partial charge in [-0.15, -0.1) is 0 Å². The highest BCUT2D eigenvalue weighted by atomic mass is 16.7. The van der Waals surface area contributed by atoms with Crippen molar-refractivity contribution in [3.8, 4) is 34.5 Å². The van der Waals surface area contributed by atoms with Crippen LogP contribution in [0, 0.1) is 11.8 Å². The van der Waals surface area contributed by atoms with Gasteiger partial charge in [0.25, 0.3) is 0 Å². The topological polar surface area (TPSA) is 77.4 Å². The van der Waals surface area contributed by atoms with Crippen LogP contribution in [0.1, 0.15) is 25.0 Å². The summed E-state index contributed by atoms with van der Waals surface area (Å²) in [5.74, 6) is 3.52. The van der Waals surface area contributed by atoms with Crippen molar-refractivity contribution < 1.29 is 29.2 Å². The number of aromatic hydroxyl groups is 2. The minimum Gasteiger partial charge on any atom is -0.508 e. The molecule has 138 valence electrons. The van der Waals surface area contributed by atoms with E-state index in [1.165, 1.54) is 0 Å². The van der Waals surface area contributed by atoms with Crippen molar-refractivity contribution >= 4 is 0 Å². The van der Waals surface area contributed by atoms with Crippen molar-refractivity contribution in [2.45, 2.75) is 26.7 Å². The van der Waals surface area contributed by atoms with Crippen LogP contribution in [0.4, 0.5) is 0 Å². The van der Waals surface area contributed by atoms with Crippen molar-refractivity contribution in [1.29, 1.82) is 0 Å². The molecule has 26 heavy (non-hydrogen) atoms. The van der Waals surface area contributed by atoms with Crippen LogP contribution in [-0.2, 0) is 12.8 Å². The van der Waals surface area contributed by atoms with Gasteiger partial charge in [-0.3, -0.25) is 0 Å². The predicted molar refractivity (Wildman–Crippen MR) is 94.2 cm³/mol. The molecule has 2 aromatic carbocycles. The number of phenolic OH excluding ortho intramolecular Hbond substituents is 2. The van der Waals surface area contributed by atoms with E-state index in [0.717, 1.165) is 11.1 Å². The molecule has 6 heteroatoms. The Hall–Kier alpha value is -2.76. The zero-order chi connectivity index (χ0) is 18.3. The fourth-order valence-corrected chi connectivity index (χ4v) is 3.37. The fourth-order valence-electron chi connectivity index (χ4n) is 3.37. The highest BCUT2D eigenvalue weighted by Gasteiger charge is 2.23. The van der Waals surface area contributed by atoms with Crippen molar-refractivity contribution in [3.05, 3.63) is 35.4 Å². The number of ether oxygens (including phenoxy) is 4. The van der Waals surface area contributed by atoms with Crippen LogP contribution in [0.15, 0.2) is 24.3 Å². The molecule has 0 saturated heterocycles. The van der Waals surface area contributed by atoms with Crippen molar-refractivity contribution in [2.75, 3.05) is 13.6 Å². The Bertz CT molecular complexity index is 762. The third-order valence-corrected chi connectivity index (χ3v) is 5.20. The maximum atomic E-state index is 10.2. The lowest BCUT2D eigenvalue weighted by Crippen LogP contribution is -2.14. The smallest absolute Gasteiger partial charge is 0.231 e. The first kappa shape index (κ1) is 16.7. The summed E-state index contributed by atoms with van der Waals surface area (Å²) in [5.41, 5.74) is 1.67. The lowest BCUT2D eigenvalue weighted by molar-refractivity contribution is 0.173. The molecule has 2 unspecified atom stereocenters. The molecule has 0 amide bonds. The minimum absolute atomic E-state index is 0.188. The maximum absolute atomic E-state index is 10.2. The summed E-state index contributed by atoms with van der Waals surface area (Å²) >= 11 is 0. The number of hydrogen-bond acceptors (Lipinski definition) is 6. The summed E-state index contributed by atoms with van der Waals surface area (Å²) in [6.45, 7) is 4.65. The van der Waals surface area contributed by atoms with Gasteiger partial charge in [-0.2, -0.15) is 0 Å². The lowest BCUT2D eigenvalue weighted by atomic mass is 9.85. The third kappa shape index (κ3) is 3.07. The summed E-state index contributed by atoms with van der Waals surface area (Å²) in [6.07, 6.45) is 1.41. The van der Waals surface area contributed by atoms with Crippen LogP contribution < -0.4 is 18.9 Å². The van der Waals surface area contributed by atoms with Gasteiger partial charge in [-0.25, -0.2) is 0 Å². The van der Waals surface area contributed by atoms with Gasteiger partial charge >= 0.3 is 0 Å². The molecule has 2 aliphatic heterocycles. The first-order chi connectivity index (χ1) is 12.5. The largest absolute Gasteiger partial charge is 0.508 e. The van der Waals surface area contributed by atoms with E-state index < -0.39 is 0 Å².